The number of β-amino-alcohol motifs (C(OH)–C–C–N with tert-alkyl or cyclic N) is 1. The van der Waals surface area contributed by atoms with E-state index in [4.69, 9.17) is 11.6 Å². The topological polar surface area (TPSA) is 53.4 Å². The molecule has 0 saturated carbocycles. The number of nitrogens with zero attached hydrogens (tertiary/aromatic N) is 2. The second-order valence-electron chi connectivity index (χ2n) is 4.57. The van der Waals surface area contributed by atoms with E-state index in [-0.39, 0.29) is 5.91 Å². The van der Waals surface area contributed by atoms with E-state index < -0.39 is 6.10 Å². The van der Waals surface area contributed by atoms with Gasteiger partial charge in [-0.2, -0.15) is 0 Å². The largest absolute Gasteiger partial charge is 0.391 e. The van der Waals surface area contributed by atoms with Gasteiger partial charge in [-0.15, -0.1) is 0 Å². The lowest BCUT2D eigenvalue weighted by Crippen LogP contribution is -2.42. The zero-order valence-corrected chi connectivity index (χ0v) is 11.2. The average molecular weight is 269 g/mol. The van der Waals surface area contributed by atoms with Crippen LogP contribution in [0.3, 0.4) is 0 Å². The van der Waals surface area contributed by atoms with Gasteiger partial charge >= 0.3 is 0 Å². The van der Waals surface area contributed by atoms with Crippen molar-refractivity contribution in [3.63, 3.8) is 0 Å². The Labute approximate surface area is 112 Å². The van der Waals surface area contributed by atoms with Gasteiger partial charge in [0.2, 0.25) is 0 Å². The molecule has 2 heterocycles. The van der Waals surface area contributed by atoms with Crippen LogP contribution < -0.4 is 0 Å². The number of aromatic nitrogens is 1. The standard InChI is InChI=1S/C13H17ClN2O2/c1-2-10-6-9(7-12(14)15-10)13(18)16-5-3-4-11(17)8-16/h6-7,11,17H,2-5,8H2,1H3/t11-/m0/s1. The molecule has 0 spiro atoms. The van der Waals surface area contributed by atoms with Crippen molar-refractivity contribution in [3.05, 3.63) is 28.5 Å². The first kappa shape index (κ1) is 13.3. The monoisotopic (exact) mass is 268 g/mol. The van der Waals surface area contributed by atoms with Crippen molar-refractivity contribution in [2.75, 3.05) is 13.1 Å². The molecule has 1 saturated heterocycles. The van der Waals surface area contributed by atoms with Crippen molar-refractivity contribution in [1.82, 2.24) is 9.88 Å². The molecule has 1 N–H and O–H groups in total. The summed E-state index contributed by atoms with van der Waals surface area (Å²) in [5.74, 6) is -0.0762. The minimum Gasteiger partial charge on any atom is -0.391 e. The normalized spacial score (nSPS) is 19.9. The third-order valence-electron chi connectivity index (χ3n) is 3.14. The van der Waals surface area contributed by atoms with Crippen LogP contribution in [0.5, 0.6) is 0 Å². The fourth-order valence-corrected chi connectivity index (χ4v) is 2.40. The summed E-state index contributed by atoms with van der Waals surface area (Å²) in [5.41, 5.74) is 1.37. The van der Waals surface area contributed by atoms with E-state index in [9.17, 15) is 9.90 Å². The van der Waals surface area contributed by atoms with Gasteiger partial charge in [-0.1, -0.05) is 18.5 Å². The second kappa shape index (κ2) is 5.67. The van der Waals surface area contributed by atoms with E-state index in [1.54, 1.807) is 17.0 Å². The molecule has 18 heavy (non-hydrogen) atoms. The number of aliphatic hydroxyl groups excluding tert-OH is 1. The summed E-state index contributed by atoms with van der Waals surface area (Å²) in [6, 6.07) is 3.36. The maximum Gasteiger partial charge on any atom is 0.254 e. The number of hydrogen-bond donors (Lipinski definition) is 1. The van der Waals surface area contributed by atoms with Crippen molar-refractivity contribution < 1.29 is 9.90 Å². The van der Waals surface area contributed by atoms with Gasteiger partial charge in [0.25, 0.3) is 5.91 Å². The first-order valence-corrected chi connectivity index (χ1v) is 6.61. The van der Waals surface area contributed by atoms with Crippen LogP contribution in [0.25, 0.3) is 0 Å². The second-order valence-corrected chi connectivity index (χ2v) is 4.96. The van der Waals surface area contributed by atoms with Gasteiger partial charge < -0.3 is 10.0 Å². The van der Waals surface area contributed by atoms with Crippen LogP contribution in [-0.4, -0.2) is 40.1 Å². The number of hydrogen-bond acceptors (Lipinski definition) is 3. The third-order valence-corrected chi connectivity index (χ3v) is 3.33. The molecule has 2 rings (SSSR count). The molecule has 1 aromatic rings. The fourth-order valence-electron chi connectivity index (χ4n) is 2.18. The lowest BCUT2D eigenvalue weighted by Gasteiger charge is -2.30. The minimum atomic E-state index is -0.411. The number of likely N-dealkylation sites (tertiary alicyclic amines) is 1. The van der Waals surface area contributed by atoms with E-state index in [1.807, 2.05) is 6.92 Å². The van der Waals surface area contributed by atoms with Gasteiger partial charge in [0, 0.05) is 24.3 Å². The molecule has 0 aromatic carbocycles. The number of carbonyl (C=O) groups excluding carboxylic acids is 1. The summed E-state index contributed by atoms with van der Waals surface area (Å²) in [5, 5.41) is 9.94. The molecule has 0 radical (unpaired) electrons. The third kappa shape index (κ3) is 3.00. The lowest BCUT2D eigenvalue weighted by molar-refractivity contribution is 0.0473. The number of amides is 1. The zero-order chi connectivity index (χ0) is 13.1. The van der Waals surface area contributed by atoms with Crippen LogP contribution in [0, 0.1) is 0 Å². The van der Waals surface area contributed by atoms with Crippen LogP contribution in [-0.2, 0) is 6.42 Å². The average Bonchev–Trinajstić information content (AvgIpc) is 2.37. The predicted octanol–water partition coefficient (Wildman–Crippen LogP) is 1.89. The molecule has 1 fully saturated rings. The Kier molecular flexibility index (Phi) is 4.19. The molecule has 1 aromatic heterocycles. The van der Waals surface area contributed by atoms with E-state index in [1.165, 1.54) is 0 Å². The molecule has 0 bridgehead atoms. The Bertz CT molecular complexity index is 451. The molecular weight excluding hydrogens is 252 g/mol. The van der Waals surface area contributed by atoms with Crippen molar-refractivity contribution in [2.45, 2.75) is 32.3 Å². The highest BCUT2D eigenvalue weighted by molar-refractivity contribution is 6.29. The molecule has 1 amide bonds. The van der Waals surface area contributed by atoms with Crippen LogP contribution in [0.1, 0.15) is 35.8 Å². The Morgan fingerprint density at radius 1 is 1.61 bits per heavy atom. The molecule has 1 atom stereocenters. The predicted molar refractivity (Wildman–Crippen MR) is 69.8 cm³/mol. The number of aliphatic hydroxyl groups is 1. The zero-order valence-electron chi connectivity index (χ0n) is 10.4. The molecule has 1 aliphatic heterocycles. The Morgan fingerprint density at radius 3 is 3.06 bits per heavy atom. The fraction of sp³-hybridized carbons (Fsp3) is 0.538. The highest BCUT2D eigenvalue weighted by Gasteiger charge is 2.23. The van der Waals surface area contributed by atoms with Crippen molar-refractivity contribution in [2.24, 2.45) is 0 Å². The van der Waals surface area contributed by atoms with Crippen molar-refractivity contribution in [1.29, 1.82) is 0 Å². The summed E-state index contributed by atoms with van der Waals surface area (Å²) in [7, 11) is 0. The summed E-state index contributed by atoms with van der Waals surface area (Å²) >= 11 is 5.91. The molecule has 98 valence electrons. The van der Waals surface area contributed by atoms with Gasteiger partial charge in [0.15, 0.2) is 0 Å². The van der Waals surface area contributed by atoms with Gasteiger partial charge in [0.05, 0.1) is 6.10 Å². The van der Waals surface area contributed by atoms with Crippen LogP contribution in [0.15, 0.2) is 12.1 Å². The number of halogens is 1. The molecule has 4 nitrogen and oxygen atoms in total. The van der Waals surface area contributed by atoms with E-state index in [0.29, 0.717) is 23.8 Å². The summed E-state index contributed by atoms with van der Waals surface area (Å²) in [4.78, 5) is 18.1. The number of carbonyl (C=O) groups is 1. The maximum absolute atomic E-state index is 12.3. The summed E-state index contributed by atoms with van der Waals surface area (Å²) in [6.45, 7) is 3.06. The number of piperidine rings is 1. The maximum atomic E-state index is 12.3. The molecule has 1 aliphatic rings. The SMILES string of the molecule is CCc1cc(C(=O)N2CCC[C@H](O)C2)cc(Cl)n1. The number of rotatable bonds is 2. The van der Waals surface area contributed by atoms with Gasteiger partial charge in [-0.3, -0.25) is 4.79 Å². The van der Waals surface area contributed by atoms with E-state index >= 15 is 0 Å². The number of aryl methyl sites for hydroxylation is 1. The van der Waals surface area contributed by atoms with E-state index in [2.05, 4.69) is 4.98 Å². The van der Waals surface area contributed by atoms with Crippen molar-refractivity contribution >= 4 is 17.5 Å². The highest BCUT2D eigenvalue weighted by atomic mass is 35.5. The highest BCUT2D eigenvalue weighted by Crippen LogP contribution is 2.17. The van der Waals surface area contributed by atoms with Crippen LogP contribution >= 0.6 is 11.6 Å². The lowest BCUT2D eigenvalue weighted by atomic mass is 10.1. The molecule has 0 aliphatic carbocycles. The summed E-state index contributed by atoms with van der Waals surface area (Å²) < 4.78 is 0. The summed E-state index contributed by atoms with van der Waals surface area (Å²) in [6.07, 6.45) is 1.93. The Balaban J connectivity index is 2.19. The van der Waals surface area contributed by atoms with Gasteiger partial charge in [0.1, 0.15) is 5.15 Å². The Hall–Kier alpha value is -1.13. The minimum absolute atomic E-state index is 0.0762. The van der Waals surface area contributed by atoms with Crippen LogP contribution in [0.4, 0.5) is 0 Å². The Morgan fingerprint density at radius 2 is 2.39 bits per heavy atom. The van der Waals surface area contributed by atoms with Crippen LogP contribution in [0.2, 0.25) is 5.15 Å². The molecular formula is C13H17ClN2O2. The van der Waals surface area contributed by atoms with Crippen molar-refractivity contribution in [3.8, 4) is 0 Å². The van der Waals surface area contributed by atoms with Gasteiger partial charge in [-0.25, -0.2) is 4.98 Å². The van der Waals surface area contributed by atoms with Gasteiger partial charge in [-0.05, 0) is 31.4 Å². The first-order valence-electron chi connectivity index (χ1n) is 6.24. The first-order chi connectivity index (χ1) is 8.60. The molecule has 0 unspecified atom stereocenters. The smallest absolute Gasteiger partial charge is 0.254 e. The quantitative estimate of drug-likeness (QED) is 0.834. The number of pyridine rings is 1. The van der Waals surface area contributed by atoms with E-state index in [0.717, 1.165) is 25.0 Å². The molecule has 5 heteroatoms.